The van der Waals surface area contributed by atoms with Gasteiger partial charge in [-0.25, -0.2) is 0 Å². The molecule has 0 radical (unpaired) electrons. The van der Waals surface area contributed by atoms with Gasteiger partial charge in [-0.2, -0.15) is 0 Å². The monoisotopic (exact) mass is 196 g/mol. The predicted molar refractivity (Wildman–Crippen MR) is 60.2 cm³/mol. The largest absolute Gasteiger partial charge is 0.330 e. The van der Waals surface area contributed by atoms with Gasteiger partial charge >= 0.3 is 0 Å². The van der Waals surface area contributed by atoms with Crippen LogP contribution in [0.4, 0.5) is 0 Å². The molecule has 0 atom stereocenters. The highest BCUT2D eigenvalue weighted by Crippen LogP contribution is 2.36. The molecule has 0 aromatic carbocycles. The van der Waals surface area contributed by atoms with Crippen LogP contribution in [0.2, 0.25) is 0 Å². The molecule has 0 amide bonds. The number of hydrogen-bond acceptors (Lipinski definition) is 2. The van der Waals surface area contributed by atoms with Gasteiger partial charge in [-0.3, -0.25) is 0 Å². The third-order valence-corrected chi connectivity index (χ3v) is 4.22. The van der Waals surface area contributed by atoms with E-state index in [-0.39, 0.29) is 0 Å². The van der Waals surface area contributed by atoms with E-state index in [1.54, 1.807) is 0 Å². The van der Waals surface area contributed by atoms with Gasteiger partial charge in [0.05, 0.1) is 0 Å². The number of rotatable bonds is 4. The molecule has 2 heteroatoms. The van der Waals surface area contributed by atoms with Gasteiger partial charge in [0, 0.05) is 12.6 Å². The Bertz CT molecular complexity index is 167. The van der Waals surface area contributed by atoms with E-state index in [9.17, 15) is 0 Å². The third kappa shape index (κ3) is 2.29. The Morgan fingerprint density at radius 3 is 2.29 bits per heavy atom. The molecule has 2 aliphatic rings. The Morgan fingerprint density at radius 1 is 1.07 bits per heavy atom. The van der Waals surface area contributed by atoms with Gasteiger partial charge in [0.1, 0.15) is 0 Å². The summed E-state index contributed by atoms with van der Waals surface area (Å²) in [6.45, 7) is 2.06. The Labute approximate surface area is 87.6 Å². The van der Waals surface area contributed by atoms with Crippen molar-refractivity contribution in [2.24, 2.45) is 11.1 Å². The summed E-state index contributed by atoms with van der Waals surface area (Å²) in [7, 11) is 0. The Morgan fingerprint density at radius 2 is 1.71 bits per heavy atom. The fourth-order valence-electron chi connectivity index (χ4n) is 3.07. The predicted octanol–water partition coefficient (Wildman–Crippen LogP) is 2.04. The van der Waals surface area contributed by atoms with Crippen molar-refractivity contribution in [3.8, 4) is 0 Å². The summed E-state index contributed by atoms with van der Waals surface area (Å²) >= 11 is 0. The minimum atomic E-state index is 0.461. The minimum absolute atomic E-state index is 0.461. The van der Waals surface area contributed by atoms with E-state index >= 15 is 0 Å². The van der Waals surface area contributed by atoms with Crippen LogP contribution >= 0.6 is 0 Å². The molecule has 2 nitrogen and oxygen atoms in total. The van der Waals surface area contributed by atoms with Crippen molar-refractivity contribution < 1.29 is 0 Å². The fourth-order valence-corrected chi connectivity index (χ4v) is 3.07. The Hall–Kier alpha value is -0.0800. The van der Waals surface area contributed by atoms with Gasteiger partial charge in [0.2, 0.25) is 0 Å². The maximum Gasteiger partial charge on any atom is 0.00673 e. The van der Waals surface area contributed by atoms with Crippen molar-refractivity contribution in [1.82, 2.24) is 5.32 Å². The summed E-state index contributed by atoms with van der Waals surface area (Å²) in [5, 5.41) is 3.74. The number of nitrogens with two attached hydrogens (primary N) is 1. The SMILES string of the molecule is NCC1(CNC2CCCC2)CCCC1. The summed E-state index contributed by atoms with van der Waals surface area (Å²) < 4.78 is 0. The van der Waals surface area contributed by atoms with Crippen molar-refractivity contribution in [2.75, 3.05) is 13.1 Å². The molecule has 2 saturated carbocycles. The lowest BCUT2D eigenvalue weighted by Gasteiger charge is -2.29. The second kappa shape index (κ2) is 4.63. The van der Waals surface area contributed by atoms with E-state index < -0.39 is 0 Å². The normalized spacial score (nSPS) is 27.2. The molecule has 2 aliphatic carbocycles. The van der Waals surface area contributed by atoms with Crippen LogP contribution in [-0.2, 0) is 0 Å². The van der Waals surface area contributed by atoms with E-state index in [4.69, 9.17) is 5.73 Å². The van der Waals surface area contributed by atoms with E-state index in [1.165, 1.54) is 57.9 Å². The molecule has 0 aliphatic heterocycles. The highest BCUT2D eigenvalue weighted by molar-refractivity contribution is 4.89. The lowest BCUT2D eigenvalue weighted by molar-refractivity contribution is 0.276. The zero-order valence-electron chi connectivity index (χ0n) is 9.23. The van der Waals surface area contributed by atoms with Crippen LogP contribution in [0, 0.1) is 5.41 Å². The van der Waals surface area contributed by atoms with Crippen LogP contribution in [0.15, 0.2) is 0 Å². The highest BCUT2D eigenvalue weighted by Gasteiger charge is 2.32. The molecule has 0 spiro atoms. The lowest BCUT2D eigenvalue weighted by atomic mass is 9.86. The van der Waals surface area contributed by atoms with Crippen molar-refractivity contribution in [3.05, 3.63) is 0 Å². The third-order valence-electron chi connectivity index (χ3n) is 4.22. The van der Waals surface area contributed by atoms with Crippen molar-refractivity contribution in [3.63, 3.8) is 0 Å². The minimum Gasteiger partial charge on any atom is -0.330 e. The van der Waals surface area contributed by atoms with Gasteiger partial charge in [-0.15, -0.1) is 0 Å². The van der Waals surface area contributed by atoms with Crippen molar-refractivity contribution in [2.45, 2.75) is 57.4 Å². The van der Waals surface area contributed by atoms with E-state index in [0.29, 0.717) is 5.41 Å². The zero-order valence-corrected chi connectivity index (χ0v) is 9.23. The molecule has 3 N–H and O–H groups in total. The van der Waals surface area contributed by atoms with Crippen LogP contribution in [0.1, 0.15) is 51.4 Å². The molecule has 2 fully saturated rings. The highest BCUT2D eigenvalue weighted by atomic mass is 14.9. The first-order valence-corrected chi connectivity index (χ1v) is 6.28. The standard InChI is InChI=1S/C12H24N2/c13-9-12(7-3-4-8-12)10-14-11-5-1-2-6-11/h11,14H,1-10,13H2. The summed E-state index contributed by atoms with van der Waals surface area (Å²) in [4.78, 5) is 0. The molecule has 82 valence electrons. The Kier molecular flexibility index (Phi) is 3.45. The summed E-state index contributed by atoms with van der Waals surface area (Å²) in [5.41, 5.74) is 6.37. The smallest absolute Gasteiger partial charge is 0.00673 e. The van der Waals surface area contributed by atoms with Gasteiger partial charge in [0.15, 0.2) is 0 Å². The van der Waals surface area contributed by atoms with Crippen LogP contribution in [-0.4, -0.2) is 19.1 Å². The molecule has 0 unspecified atom stereocenters. The number of nitrogens with one attached hydrogen (secondary N) is 1. The second-order valence-corrected chi connectivity index (χ2v) is 5.27. The molecule has 0 saturated heterocycles. The van der Waals surface area contributed by atoms with Crippen LogP contribution in [0.25, 0.3) is 0 Å². The molecule has 2 rings (SSSR count). The van der Waals surface area contributed by atoms with E-state index in [2.05, 4.69) is 5.32 Å². The zero-order chi connectivity index (χ0) is 9.86. The second-order valence-electron chi connectivity index (χ2n) is 5.27. The van der Waals surface area contributed by atoms with Gasteiger partial charge in [0.25, 0.3) is 0 Å². The fraction of sp³-hybridized carbons (Fsp3) is 1.00. The topological polar surface area (TPSA) is 38.0 Å². The molecule has 0 aromatic rings. The van der Waals surface area contributed by atoms with E-state index in [1.807, 2.05) is 0 Å². The first kappa shape index (κ1) is 10.4. The number of hydrogen-bond donors (Lipinski definition) is 2. The van der Waals surface area contributed by atoms with Crippen LogP contribution < -0.4 is 11.1 Å². The summed E-state index contributed by atoms with van der Waals surface area (Å²) in [5.74, 6) is 0. The lowest BCUT2D eigenvalue weighted by Crippen LogP contribution is -2.41. The van der Waals surface area contributed by atoms with E-state index in [0.717, 1.165) is 12.6 Å². The average molecular weight is 196 g/mol. The quantitative estimate of drug-likeness (QED) is 0.722. The summed E-state index contributed by atoms with van der Waals surface area (Å²) in [6, 6.07) is 0.805. The van der Waals surface area contributed by atoms with Crippen LogP contribution in [0.5, 0.6) is 0 Å². The van der Waals surface area contributed by atoms with Gasteiger partial charge in [-0.1, -0.05) is 25.7 Å². The van der Waals surface area contributed by atoms with Gasteiger partial charge < -0.3 is 11.1 Å². The molecular formula is C12H24N2. The van der Waals surface area contributed by atoms with Gasteiger partial charge in [-0.05, 0) is 37.6 Å². The van der Waals surface area contributed by atoms with Crippen molar-refractivity contribution >= 4 is 0 Å². The molecule has 14 heavy (non-hydrogen) atoms. The Balaban J connectivity index is 1.76. The molecular weight excluding hydrogens is 172 g/mol. The summed E-state index contributed by atoms with van der Waals surface area (Å²) in [6.07, 6.45) is 11.1. The van der Waals surface area contributed by atoms with Crippen molar-refractivity contribution in [1.29, 1.82) is 0 Å². The maximum atomic E-state index is 5.91. The molecule has 0 aromatic heterocycles. The van der Waals surface area contributed by atoms with Crippen LogP contribution in [0.3, 0.4) is 0 Å². The molecule has 0 heterocycles. The first-order valence-electron chi connectivity index (χ1n) is 6.28. The maximum absolute atomic E-state index is 5.91. The first-order chi connectivity index (χ1) is 6.85. The molecule has 0 bridgehead atoms. The average Bonchev–Trinajstić information content (AvgIpc) is 2.87.